The highest BCUT2D eigenvalue weighted by Crippen LogP contribution is 2.20. The van der Waals surface area contributed by atoms with Gasteiger partial charge in [0.05, 0.1) is 6.61 Å². The van der Waals surface area contributed by atoms with Gasteiger partial charge in [-0.1, -0.05) is 24.6 Å². The zero-order valence-corrected chi connectivity index (χ0v) is 10.2. The van der Waals surface area contributed by atoms with Gasteiger partial charge in [0, 0.05) is 6.61 Å². The van der Waals surface area contributed by atoms with E-state index in [4.69, 9.17) is 14.6 Å². The van der Waals surface area contributed by atoms with Crippen molar-refractivity contribution in [3.8, 4) is 5.75 Å². The lowest BCUT2D eigenvalue weighted by Crippen LogP contribution is -2.07. The molecule has 0 atom stereocenters. The maximum atomic E-state index is 10.5. The summed E-state index contributed by atoms with van der Waals surface area (Å²) in [6, 6.07) is 5.43. The van der Waals surface area contributed by atoms with Crippen LogP contribution in [0.3, 0.4) is 0 Å². The van der Waals surface area contributed by atoms with Crippen molar-refractivity contribution in [2.24, 2.45) is 0 Å². The molecule has 0 bridgehead atoms. The monoisotopic (exact) mass is 238 g/mol. The Morgan fingerprint density at radius 1 is 1.35 bits per heavy atom. The van der Waals surface area contributed by atoms with Crippen molar-refractivity contribution in [2.45, 2.75) is 26.7 Å². The first-order valence-corrected chi connectivity index (χ1v) is 5.71. The first-order valence-electron chi connectivity index (χ1n) is 5.71. The van der Waals surface area contributed by atoms with Crippen LogP contribution in [-0.4, -0.2) is 24.5 Å². The molecule has 0 aliphatic carbocycles. The Labute approximate surface area is 101 Å². The number of hydrogen-bond acceptors (Lipinski definition) is 3. The number of ether oxygens (including phenoxy) is 2. The highest BCUT2D eigenvalue weighted by atomic mass is 16.7. The number of aryl methyl sites for hydroxylation is 1. The minimum atomic E-state index is -1.29. The molecule has 1 rings (SSSR count). The Kier molecular flexibility index (Phi) is 5.49. The van der Waals surface area contributed by atoms with Crippen LogP contribution in [0.15, 0.2) is 18.2 Å². The molecule has 94 valence electrons. The second kappa shape index (κ2) is 6.91. The average molecular weight is 238 g/mol. The predicted molar refractivity (Wildman–Crippen MR) is 64.6 cm³/mol. The number of carboxylic acid groups (broad SMARTS) is 1. The molecule has 1 aromatic carbocycles. The fraction of sp³-hybridized carbons (Fsp3) is 0.462. The van der Waals surface area contributed by atoms with Crippen LogP contribution in [0, 0.1) is 6.92 Å². The van der Waals surface area contributed by atoms with Gasteiger partial charge < -0.3 is 14.6 Å². The molecule has 0 saturated carbocycles. The second-order valence-corrected chi connectivity index (χ2v) is 3.84. The summed E-state index contributed by atoms with van der Waals surface area (Å²) >= 11 is 0. The summed E-state index contributed by atoms with van der Waals surface area (Å²) in [5.74, 6) is 0.392. The van der Waals surface area contributed by atoms with E-state index in [0.29, 0.717) is 18.8 Å². The van der Waals surface area contributed by atoms with E-state index in [1.165, 1.54) is 0 Å². The van der Waals surface area contributed by atoms with Crippen LogP contribution in [0.25, 0.3) is 0 Å². The molecule has 0 fully saturated rings. The molecule has 0 aromatic heterocycles. The Bertz CT molecular complexity index is 374. The van der Waals surface area contributed by atoms with Gasteiger partial charge in [-0.3, -0.25) is 0 Å². The SMILES string of the molecule is CCCOCCc1cc(C)ccc1OC(=O)O. The van der Waals surface area contributed by atoms with E-state index < -0.39 is 6.16 Å². The molecule has 0 saturated heterocycles. The molecule has 4 nitrogen and oxygen atoms in total. The topological polar surface area (TPSA) is 55.8 Å². The fourth-order valence-electron chi connectivity index (χ4n) is 1.53. The molecule has 0 aliphatic heterocycles. The van der Waals surface area contributed by atoms with E-state index in [1.54, 1.807) is 6.07 Å². The summed E-state index contributed by atoms with van der Waals surface area (Å²) in [5, 5.41) is 8.62. The van der Waals surface area contributed by atoms with E-state index in [-0.39, 0.29) is 0 Å². The highest BCUT2D eigenvalue weighted by molar-refractivity contribution is 5.62. The zero-order chi connectivity index (χ0) is 12.7. The third kappa shape index (κ3) is 4.87. The van der Waals surface area contributed by atoms with E-state index in [0.717, 1.165) is 24.2 Å². The minimum Gasteiger partial charge on any atom is -0.449 e. The quantitative estimate of drug-likeness (QED) is 0.470. The molecule has 0 unspecified atom stereocenters. The predicted octanol–water partition coefficient (Wildman–Crippen LogP) is 3.02. The first kappa shape index (κ1) is 13.5. The molecule has 4 heteroatoms. The molecule has 0 heterocycles. The van der Waals surface area contributed by atoms with Gasteiger partial charge in [0.1, 0.15) is 5.75 Å². The smallest absolute Gasteiger partial charge is 0.449 e. The van der Waals surface area contributed by atoms with Gasteiger partial charge >= 0.3 is 6.16 Å². The number of hydrogen-bond donors (Lipinski definition) is 1. The molecule has 17 heavy (non-hydrogen) atoms. The largest absolute Gasteiger partial charge is 0.511 e. The summed E-state index contributed by atoms with van der Waals surface area (Å²) in [4.78, 5) is 10.5. The Morgan fingerprint density at radius 3 is 2.76 bits per heavy atom. The van der Waals surface area contributed by atoms with Gasteiger partial charge in [0.15, 0.2) is 0 Å². The number of carbonyl (C=O) groups is 1. The zero-order valence-electron chi connectivity index (χ0n) is 10.2. The van der Waals surface area contributed by atoms with Crippen LogP contribution < -0.4 is 4.74 Å². The molecular weight excluding hydrogens is 220 g/mol. The van der Waals surface area contributed by atoms with E-state index >= 15 is 0 Å². The third-order valence-electron chi connectivity index (χ3n) is 2.28. The fourth-order valence-corrected chi connectivity index (χ4v) is 1.53. The van der Waals surface area contributed by atoms with Crippen molar-refractivity contribution < 1.29 is 19.4 Å². The molecule has 0 amide bonds. The van der Waals surface area contributed by atoms with Crippen LogP contribution in [0.2, 0.25) is 0 Å². The Hall–Kier alpha value is -1.55. The number of rotatable bonds is 6. The molecule has 0 spiro atoms. The summed E-state index contributed by atoms with van der Waals surface area (Å²) in [7, 11) is 0. The van der Waals surface area contributed by atoms with Crippen molar-refractivity contribution in [2.75, 3.05) is 13.2 Å². The molecule has 1 aromatic rings. The van der Waals surface area contributed by atoms with Crippen LogP contribution in [0.5, 0.6) is 5.75 Å². The van der Waals surface area contributed by atoms with E-state index in [1.807, 2.05) is 26.0 Å². The standard InChI is InChI=1S/C13H18O4/c1-3-7-16-8-6-11-9-10(2)4-5-12(11)17-13(14)15/h4-5,9H,3,6-8H2,1-2H3,(H,14,15). The Balaban J connectivity index is 2.66. The van der Waals surface area contributed by atoms with E-state index in [2.05, 4.69) is 0 Å². The molecule has 0 aliphatic rings. The Morgan fingerprint density at radius 2 is 2.12 bits per heavy atom. The lowest BCUT2D eigenvalue weighted by atomic mass is 10.1. The van der Waals surface area contributed by atoms with Crippen molar-refractivity contribution in [1.82, 2.24) is 0 Å². The van der Waals surface area contributed by atoms with Crippen LogP contribution >= 0.6 is 0 Å². The maximum Gasteiger partial charge on any atom is 0.511 e. The minimum absolute atomic E-state index is 0.392. The second-order valence-electron chi connectivity index (χ2n) is 3.84. The highest BCUT2D eigenvalue weighted by Gasteiger charge is 2.08. The van der Waals surface area contributed by atoms with Crippen molar-refractivity contribution >= 4 is 6.16 Å². The number of benzene rings is 1. The third-order valence-corrected chi connectivity index (χ3v) is 2.28. The summed E-state index contributed by atoms with van der Waals surface area (Å²) in [6.07, 6.45) is 0.348. The van der Waals surface area contributed by atoms with Gasteiger partial charge in [-0.25, -0.2) is 4.79 Å². The lowest BCUT2D eigenvalue weighted by molar-refractivity contribution is 0.134. The van der Waals surface area contributed by atoms with Gasteiger partial charge in [-0.05, 0) is 31.4 Å². The molecular formula is C13H18O4. The summed E-state index contributed by atoms with van der Waals surface area (Å²) in [5.41, 5.74) is 1.94. The van der Waals surface area contributed by atoms with Gasteiger partial charge in [0.2, 0.25) is 0 Å². The van der Waals surface area contributed by atoms with Crippen LogP contribution in [0.1, 0.15) is 24.5 Å². The van der Waals surface area contributed by atoms with Crippen LogP contribution in [-0.2, 0) is 11.2 Å². The summed E-state index contributed by atoms with van der Waals surface area (Å²) in [6.45, 7) is 5.31. The average Bonchev–Trinajstić information content (AvgIpc) is 2.27. The molecule has 1 N–H and O–H groups in total. The normalized spacial score (nSPS) is 10.2. The molecule has 0 radical (unpaired) electrons. The van der Waals surface area contributed by atoms with Gasteiger partial charge in [-0.2, -0.15) is 0 Å². The van der Waals surface area contributed by atoms with Gasteiger partial charge in [-0.15, -0.1) is 0 Å². The van der Waals surface area contributed by atoms with Crippen molar-refractivity contribution in [1.29, 1.82) is 0 Å². The van der Waals surface area contributed by atoms with Crippen molar-refractivity contribution in [3.63, 3.8) is 0 Å². The summed E-state index contributed by atoms with van der Waals surface area (Å²) < 4.78 is 10.1. The van der Waals surface area contributed by atoms with E-state index in [9.17, 15) is 4.79 Å². The first-order chi connectivity index (χ1) is 8.13. The van der Waals surface area contributed by atoms with Gasteiger partial charge in [0.25, 0.3) is 0 Å². The van der Waals surface area contributed by atoms with Crippen molar-refractivity contribution in [3.05, 3.63) is 29.3 Å². The van der Waals surface area contributed by atoms with Crippen LogP contribution in [0.4, 0.5) is 4.79 Å². The maximum absolute atomic E-state index is 10.5. The lowest BCUT2D eigenvalue weighted by Gasteiger charge is -2.09.